The van der Waals surface area contributed by atoms with Gasteiger partial charge in [0.25, 0.3) is 0 Å². The molecule has 0 radical (unpaired) electrons. The van der Waals surface area contributed by atoms with Gasteiger partial charge >= 0.3 is 0 Å². The molecule has 3 rings (SSSR count). The molecule has 4 heteroatoms. The second-order valence-electron chi connectivity index (χ2n) is 3.93. The maximum atomic E-state index is 10.1. The molecule has 0 unspecified atom stereocenters. The Morgan fingerprint density at radius 1 is 1.00 bits per heavy atom. The molecule has 0 bridgehead atoms. The molecule has 0 fully saturated rings. The highest BCUT2D eigenvalue weighted by molar-refractivity contribution is 5.81. The molecule has 2 N–H and O–H groups in total. The zero-order valence-corrected chi connectivity index (χ0v) is 9.09. The molecule has 0 aliphatic carbocycles. The Balaban J connectivity index is 2.03. The number of aromatic nitrogens is 3. The smallest absolute Gasteiger partial charge is 0.154 e. The van der Waals surface area contributed by atoms with Gasteiger partial charge in [0.05, 0.1) is 0 Å². The lowest BCUT2D eigenvalue weighted by Crippen LogP contribution is -1.89. The molecule has 0 aliphatic heterocycles. The maximum absolute atomic E-state index is 10.1. The molecule has 4 nitrogen and oxygen atoms in total. The zero-order valence-electron chi connectivity index (χ0n) is 9.09. The van der Waals surface area contributed by atoms with Crippen molar-refractivity contribution in [1.82, 2.24) is 15.4 Å². The van der Waals surface area contributed by atoms with Gasteiger partial charge in [-0.25, -0.2) is 0 Å². The average Bonchev–Trinajstić information content (AvgIpc) is 2.83. The second kappa shape index (κ2) is 3.90. The van der Waals surface area contributed by atoms with Gasteiger partial charge in [-0.2, -0.15) is 15.4 Å². The van der Waals surface area contributed by atoms with E-state index in [4.69, 9.17) is 0 Å². The summed E-state index contributed by atoms with van der Waals surface area (Å²) in [4.78, 5) is 0. The van der Waals surface area contributed by atoms with Gasteiger partial charge in [0, 0.05) is 12.0 Å². The Morgan fingerprint density at radius 3 is 2.65 bits per heavy atom. The minimum atomic E-state index is 0.208. The van der Waals surface area contributed by atoms with E-state index in [1.807, 2.05) is 42.5 Å². The summed E-state index contributed by atoms with van der Waals surface area (Å²) in [5.41, 5.74) is 3.22. The van der Waals surface area contributed by atoms with E-state index < -0.39 is 0 Å². The summed E-state index contributed by atoms with van der Waals surface area (Å²) in [5, 5.41) is 20.5. The molecule has 2 aromatic carbocycles. The molecular formula is C13H11N3O. The number of phenols is 1. The van der Waals surface area contributed by atoms with Crippen molar-refractivity contribution in [2.75, 3.05) is 0 Å². The molecule has 0 aliphatic rings. The topological polar surface area (TPSA) is 61.8 Å². The van der Waals surface area contributed by atoms with E-state index in [9.17, 15) is 5.11 Å². The van der Waals surface area contributed by atoms with Crippen molar-refractivity contribution in [2.24, 2.45) is 0 Å². The van der Waals surface area contributed by atoms with Crippen molar-refractivity contribution in [2.45, 2.75) is 6.42 Å². The molecule has 0 atom stereocenters. The third-order valence-corrected chi connectivity index (χ3v) is 2.78. The van der Waals surface area contributed by atoms with Crippen molar-refractivity contribution < 1.29 is 5.11 Å². The second-order valence-corrected chi connectivity index (χ2v) is 3.93. The van der Waals surface area contributed by atoms with Gasteiger partial charge in [-0.3, -0.25) is 0 Å². The van der Waals surface area contributed by atoms with Crippen LogP contribution in [0.2, 0.25) is 0 Å². The van der Waals surface area contributed by atoms with E-state index in [0.717, 1.165) is 11.1 Å². The summed E-state index contributed by atoms with van der Waals surface area (Å²) in [6.45, 7) is 0. The summed E-state index contributed by atoms with van der Waals surface area (Å²) in [5.74, 6) is 0.208. The van der Waals surface area contributed by atoms with Crippen LogP contribution in [0, 0.1) is 0 Å². The highest BCUT2D eigenvalue weighted by atomic mass is 16.3. The number of hydrogen-bond acceptors (Lipinski definition) is 3. The van der Waals surface area contributed by atoms with Gasteiger partial charge in [0.2, 0.25) is 0 Å². The molecule has 1 heterocycles. The van der Waals surface area contributed by atoms with E-state index in [-0.39, 0.29) is 5.75 Å². The Bertz CT molecular complexity index is 646. The van der Waals surface area contributed by atoms with Crippen molar-refractivity contribution in [3.05, 3.63) is 53.6 Å². The first kappa shape index (κ1) is 9.84. The lowest BCUT2D eigenvalue weighted by Gasteiger charge is -2.04. The lowest BCUT2D eigenvalue weighted by molar-refractivity contribution is 0.474. The van der Waals surface area contributed by atoms with Crippen LogP contribution in [-0.2, 0) is 6.42 Å². The van der Waals surface area contributed by atoms with Crippen LogP contribution in [-0.4, -0.2) is 20.5 Å². The van der Waals surface area contributed by atoms with Crippen LogP contribution < -0.4 is 0 Å². The Hall–Kier alpha value is -2.36. The van der Waals surface area contributed by atoms with E-state index in [1.54, 1.807) is 0 Å². The molecule has 0 amide bonds. The maximum Gasteiger partial charge on any atom is 0.154 e. The third kappa shape index (κ3) is 1.73. The normalized spacial score (nSPS) is 10.8. The summed E-state index contributed by atoms with van der Waals surface area (Å²) >= 11 is 0. The number of aromatic amines is 1. The van der Waals surface area contributed by atoms with Crippen LogP contribution >= 0.6 is 0 Å². The molecule has 3 aromatic rings. The van der Waals surface area contributed by atoms with Crippen LogP contribution in [0.1, 0.15) is 11.1 Å². The molecule has 0 saturated heterocycles. The van der Waals surface area contributed by atoms with E-state index in [0.29, 0.717) is 17.5 Å². The van der Waals surface area contributed by atoms with E-state index >= 15 is 0 Å². The standard InChI is InChI=1S/C13H11N3O/c17-13-10(8-9-4-2-1-3-5-9)6-7-11-12(13)15-16-14-11/h1-7,17H,8H2,(H,14,15,16). The van der Waals surface area contributed by atoms with E-state index in [2.05, 4.69) is 15.4 Å². The molecule has 0 saturated carbocycles. The minimum Gasteiger partial charge on any atom is -0.505 e. The summed E-state index contributed by atoms with van der Waals surface area (Å²) in [6, 6.07) is 13.8. The van der Waals surface area contributed by atoms with Crippen LogP contribution in [0.25, 0.3) is 11.0 Å². The van der Waals surface area contributed by atoms with Crippen molar-refractivity contribution in [1.29, 1.82) is 0 Å². The summed E-state index contributed by atoms with van der Waals surface area (Å²) in [7, 11) is 0. The number of benzene rings is 2. The molecular weight excluding hydrogens is 214 g/mol. The van der Waals surface area contributed by atoms with Gasteiger partial charge in [0.1, 0.15) is 11.3 Å². The number of hydrogen-bond donors (Lipinski definition) is 2. The molecule has 0 spiro atoms. The van der Waals surface area contributed by atoms with Crippen LogP contribution in [0.5, 0.6) is 5.75 Å². The quantitative estimate of drug-likeness (QED) is 0.703. The Kier molecular flexibility index (Phi) is 2.26. The fourth-order valence-electron chi connectivity index (χ4n) is 1.90. The first-order valence-electron chi connectivity index (χ1n) is 5.40. The molecule has 84 valence electrons. The number of nitrogens with zero attached hydrogens (tertiary/aromatic N) is 2. The predicted molar refractivity (Wildman–Crippen MR) is 64.8 cm³/mol. The monoisotopic (exact) mass is 225 g/mol. The summed E-state index contributed by atoms with van der Waals surface area (Å²) in [6.07, 6.45) is 0.690. The van der Waals surface area contributed by atoms with Crippen LogP contribution in [0.4, 0.5) is 0 Å². The number of phenolic OH excluding ortho intramolecular Hbond substituents is 1. The first-order valence-corrected chi connectivity index (χ1v) is 5.40. The first-order chi connectivity index (χ1) is 8.34. The van der Waals surface area contributed by atoms with Gasteiger partial charge in [-0.1, -0.05) is 36.4 Å². The molecule has 1 aromatic heterocycles. The largest absolute Gasteiger partial charge is 0.505 e. The Labute approximate surface area is 97.9 Å². The fraction of sp³-hybridized carbons (Fsp3) is 0.0769. The average molecular weight is 225 g/mol. The van der Waals surface area contributed by atoms with Gasteiger partial charge < -0.3 is 5.11 Å². The number of aromatic hydroxyl groups is 1. The van der Waals surface area contributed by atoms with Crippen molar-refractivity contribution in [3.63, 3.8) is 0 Å². The van der Waals surface area contributed by atoms with Crippen molar-refractivity contribution in [3.8, 4) is 5.75 Å². The van der Waals surface area contributed by atoms with Crippen LogP contribution in [0.3, 0.4) is 0 Å². The highest BCUT2D eigenvalue weighted by Crippen LogP contribution is 2.27. The molecule has 17 heavy (non-hydrogen) atoms. The fourth-order valence-corrected chi connectivity index (χ4v) is 1.90. The van der Waals surface area contributed by atoms with Crippen LogP contribution in [0.15, 0.2) is 42.5 Å². The predicted octanol–water partition coefficient (Wildman–Crippen LogP) is 2.25. The number of H-pyrrole nitrogens is 1. The van der Waals surface area contributed by atoms with E-state index in [1.165, 1.54) is 0 Å². The lowest BCUT2D eigenvalue weighted by atomic mass is 10.0. The minimum absolute atomic E-state index is 0.208. The van der Waals surface area contributed by atoms with Crippen molar-refractivity contribution >= 4 is 11.0 Å². The van der Waals surface area contributed by atoms with Gasteiger partial charge in [-0.05, 0) is 11.6 Å². The third-order valence-electron chi connectivity index (χ3n) is 2.78. The number of rotatable bonds is 2. The number of nitrogens with one attached hydrogen (secondary N) is 1. The number of fused-ring (bicyclic) bond motifs is 1. The Morgan fingerprint density at radius 2 is 1.82 bits per heavy atom. The van der Waals surface area contributed by atoms with Gasteiger partial charge in [-0.15, -0.1) is 0 Å². The summed E-state index contributed by atoms with van der Waals surface area (Å²) < 4.78 is 0. The zero-order chi connectivity index (χ0) is 11.7. The SMILES string of the molecule is Oc1c(Cc2ccccc2)ccc2n[nH]nc12. The van der Waals surface area contributed by atoms with Gasteiger partial charge in [0.15, 0.2) is 5.52 Å². The highest BCUT2D eigenvalue weighted by Gasteiger charge is 2.09.